The average molecular weight is 250 g/mol. The molecule has 0 heterocycles. The summed E-state index contributed by atoms with van der Waals surface area (Å²) in [4.78, 5) is 11.2. The molecule has 18 heavy (non-hydrogen) atoms. The Bertz CT molecular complexity index is 471. The summed E-state index contributed by atoms with van der Waals surface area (Å²) in [6, 6.07) is 5.03. The van der Waals surface area contributed by atoms with Crippen LogP contribution >= 0.6 is 0 Å². The minimum absolute atomic E-state index is 0.120. The second-order valence-electron chi connectivity index (χ2n) is 5.56. The van der Waals surface area contributed by atoms with E-state index >= 15 is 0 Å². The lowest BCUT2D eigenvalue weighted by atomic mass is 9.92. The average Bonchev–Trinajstić information content (AvgIpc) is 2.68. The topological polar surface area (TPSA) is 55.1 Å². The largest absolute Gasteiger partial charge is 0.369 e. The zero-order valence-electron chi connectivity index (χ0n) is 10.8. The van der Waals surface area contributed by atoms with Crippen LogP contribution in [-0.4, -0.2) is 12.5 Å². The summed E-state index contributed by atoms with van der Waals surface area (Å²) < 4.78 is 13.2. The van der Waals surface area contributed by atoms with Gasteiger partial charge in [-0.2, -0.15) is 0 Å². The summed E-state index contributed by atoms with van der Waals surface area (Å²) in [7, 11) is 0. The van der Waals surface area contributed by atoms with E-state index in [2.05, 4.69) is 5.32 Å². The monoisotopic (exact) mass is 250 g/mol. The van der Waals surface area contributed by atoms with Gasteiger partial charge < -0.3 is 11.1 Å². The van der Waals surface area contributed by atoms with Crippen molar-refractivity contribution in [2.75, 3.05) is 6.54 Å². The smallest absolute Gasteiger partial charge is 0.224 e. The van der Waals surface area contributed by atoms with E-state index in [0.717, 1.165) is 18.4 Å². The molecule has 0 saturated carbocycles. The van der Waals surface area contributed by atoms with E-state index in [0.29, 0.717) is 6.54 Å². The third-order valence-electron chi connectivity index (χ3n) is 3.64. The molecule has 3 N–H and O–H groups in total. The Morgan fingerprint density at radius 1 is 1.56 bits per heavy atom. The first-order valence-corrected chi connectivity index (χ1v) is 6.22. The van der Waals surface area contributed by atoms with E-state index in [4.69, 9.17) is 5.73 Å². The minimum atomic E-state index is -0.587. The van der Waals surface area contributed by atoms with Crippen LogP contribution in [0.3, 0.4) is 0 Å². The first kappa shape index (κ1) is 13.0. The van der Waals surface area contributed by atoms with E-state index in [1.54, 1.807) is 6.07 Å². The molecule has 0 aliphatic heterocycles. The maximum Gasteiger partial charge on any atom is 0.224 e. The predicted molar refractivity (Wildman–Crippen MR) is 68.4 cm³/mol. The van der Waals surface area contributed by atoms with Gasteiger partial charge in [-0.15, -0.1) is 0 Å². The highest BCUT2D eigenvalue weighted by Crippen LogP contribution is 2.32. The Morgan fingerprint density at radius 2 is 2.28 bits per heavy atom. The molecule has 0 spiro atoms. The lowest BCUT2D eigenvalue weighted by Crippen LogP contribution is -2.41. The number of hydrogen-bond donors (Lipinski definition) is 2. The number of halogens is 1. The molecular weight excluding hydrogens is 231 g/mol. The number of benzene rings is 1. The van der Waals surface area contributed by atoms with E-state index in [1.807, 2.05) is 19.9 Å². The molecule has 4 heteroatoms. The van der Waals surface area contributed by atoms with Crippen molar-refractivity contribution >= 4 is 5.91 Å². The fourth-order valence-electron chi connectivity index (χ4n) is 2.25. The van der Waals surface area contributed by atoms with Gasteiger partial charge in [0.25, 0.3) is 0 Å². The van der Waals surface area contributed by atoms with E-state index < -0.39 is 5.41 Å². The van der Waals surface area contributed by atoms with E-state index in [1.165, 1.54) is 11.6 Å². The quantitative estimate of drug-likeness (QED) is 0.857. The van der Waals surface area contributed by atoms with Crippen LogP contribution in [0.25, 0.3) is 0 Å². The van der Waals surface area contributed by atoms with Crippen LogP contribution < -0.4 is 11.1 Å². The molecule has 1 atom stereocenters. The van der Waals surface area contributed by atoms with Gasteiger partial charge in [0.05, 0.1) is 5.41 Å². The van der Waals surface area contributed by atoms with Crippen molar-refractivity contribution in [1.29, 1.82) is 0 Å². The van der Waals surface area contributed by atoms with Crippen molar-refractivity contribution < 1.29 is 9.18 Å². The number of amides is 1. The zero-order valence-corrected chi connectivity index (χ0v) is 10.8. The van der Waals surface area contributed by atoms with Crippen LogP contribution in [0, 0.1) is 11.2 Å². The van der Waals surface area contributed by atoms with Crippen molar-refractivity contribution in [3.05, 3.63) is 35.1 Å². The van der Waals surface area contributed by atoms with Crippen molar-refractivity contribution in [3.63, 3.8) is 0 Å². The number of hydrogen-bond acceptors (Lipinski definition) is 2. The lowest BCUT2D eigenvalue weighted by molar-refractivity contribution is -0.125. The zero-order chi connectivity index (χ0) is 13.3. The Labute approximate surface area is 107 Å². The number of carbonyl (C=O) groups is 1. The lowest BCUT2D eigenvalue weighted by Gasteiger charge is -2.24. The van der Waals surface area contributed by atoms with Crippen molar-refractivity contribution in [3.8, 4) is 0 Å². The predicted octanol–water partition coefficient (Wildman–Crippen LogP) is 1.91. The van der Waals surface area contributed by atoms with Crippen molar-refractivity contribution in [2.45, 2.75) is 32.7 Å². The molecule has 0 bridgehead atoms. The summed E-state index contributed by atoms with van der Waals surface area (Å²) in [5.74, 6) is -0.538. The fraction of sp³-hybridized carbons (Fsp3) is 0.500. The van der Waals surface area contributed by atoms with Crippen LogP contribution in [-0.2, 0) is 11.2 Å². The number of carbonyl (C=O) groups excluding carboxylic acids is 1. The standard InChI is InChI=1S/C14H19FN2O/c1-14(2,13(16)18)8-17-12-6-4-9-3-5-10(15)7-11(9)12/h3,5,7,12,17H,4,6,8H2,1-2H3,(H2,16,18)/t12-/m1/s1. The molecule has 3 nitrogen and oxygen atoms in total. The molecule has 1 aliphatic rings. The normalized spacial score (nSPS) is 18.7. The number of nitrogens with one attached hydrogen (secondary N) is 1. The van der Waals surface area contributed by atoms with Crippen molar-refractivity contribution in [2.24, 2.45) is 11.1 Å². The highest BCUT2D eigenvalue weighted by atomic mass is 19.1. The van der Waals surface area contributed by atoms with Gasteiger partial charge in [-0.1, -0.05) is 6.07 Å². The van der Waals surface area contributed by atoms with E-state index in [9.17, 15) is 9.18 Å². The number of rotatable bonds is 4. The number of nitrogens with two attached hydrogens (primary N) is 1. The molecule has 1 aliphatic carbocycles. The molecule has 1 aromatic rings. The molecule has 1 aromatic carbocycles. The third-order valence-corrected chi connectivity index (χ3v) is 3.64. The van der Waals surface area contributed by atoms with Gasteiger partial charge in [-0.25, -0.2) is 4.39 Å². The maximum absolute atomic E-state index is 13.2. The molecule has 98 valence electrons. The molecule has 0 radical (unpaired) electrons. The van der Waals surface area contributed by atoms with Crippen LogP contribution in [0.1, 0.15) is 37.4 Å². The molecule has 1 amide bonds. The summed E-state index contributed by atoms with van der Waals surface area (Å²) in [5, 5.41) is 3.32. The first-order chi connectivity index (χ1) is 8.40. The Kier molecular flexibility index (Phi) is 3.39. The third kappa shape index (κ3) is 2.53. The SMILES string of the molecule is CC(C)(CN[C@@H]1CCc2ccc(F)cc21)C(N)=O. The fourth-order valence-corrected chi connectivity index (χ4v) is 2.25. The summed E-state index contributed by atoms with van der Waals surface area (Å²) in [6.07, 6.45) is 1.89. The Morgan fingerprint density at radius 3 is 2.94 bits per heavy atom. The van der Waals surface area contributed by atoms with Gasteiger partial charge in [-0.05, 0) is 49.9 Å². The Balaban J connectivity index is 2.06. The van der Waals surface area contributed by atoms with Crippen molar-refractivity contribution in [1.82, 2.24) is 5.32 Å². The van der Waals surface area contributed by atoms with Gasteiger partial charge >= 0.3 is 0 Å². The summed E-state index contributed by atoms with van der Waals surface area (Å²) in [6.45, 7) is 4.12. The molecule has 0 fully saturated rings. The molecule has 0 aromatic heterocycles. The molecule has 0 unspecified atom stereocenters. The first-order valence-electron chi connectivity index (χ1n) is 6.22. The molecule has 0 saturated heterocycles. The van der Waals surface area contributed by atoms with Crippen LogP contribution in [0.2, 0.25) is 0 Å². The van der Waals surface area contributed by atoms with Crippen LogP contribution in [0.15, 0.2) is 18.2 Å². The highest BCUT2D eigenvalue weighted by molar-refractivity contribution is 5.80. The second-order valence-corrected chi connectivity index (χ2v) is 5.56. The van der Waals surface area contributed by atoms with Gasteiger partial charge in [0.2, 0.25) is 5.91 Å². The number of aryl methyl sites for hydroxylation is 1. The van der Waals surface area contributed by atoms with Gasteiger partial charge in [0.15, 0.2) is 0 Å². The van der Waals surface area contributed by atoms with Gasteiger partial charge in [0, 0.05) is 12.6 Å². The maximum atomic E-state index is 13.2. The minimum Gasteiger partial charge on any atom is -0.369 e. The summed E-state index contributed by atoms with van der Waals surface area (Å²) >= 11 is 0. The molecule has 2 rings (SSSR count). The van der Waals surface area contributed by atoms with Crippen LogP contribution in [0.5, 0.6) is 0 Å². The summed E-state index contributed by atoms with van der Waals surface area (Å²) in [5.41, 5.74) is 6.94. The Hall–Kier alpha value is -1.42. The number of fused-ring (bicyclic) bond motifs is 1. The van der Waals surface area contributed by atoms with E-state index in [-0.39, 0.29) is 17.8 Å². The second kappa shape index (κ2) is 4.69. The number of primary amides is 1. The highest BCUT2D eigenvalue weighted by Gasteiger charge is 2.28. The van der Waals surface area contributed by atoms with Gasteiger partial charge in [0.1, 0.15) is 5.82 Å². The van der Waals surface area contributed by atoms with Crippen LogP contribution in [0.4, 0.5) is 4.39 Å². The molecular formula is C14H19FN2O. The van der Waals surface area contributed by atoms with Gasteiger partial charge in [-0.3, -0.25) is 4.79 Å².